The second-order valence-electron chi connectivity index (χ2n) is 4.15. The van der Waals surface area contributed by atoms with Crippen LogP contribution in [-0.4, -0.2) is 17.6 Å². The van der Waals surface area contributed by atoms with Gasteiger partial charge in [-0.3, -0.25) is 4.79 Å². The van der Waals surface area contributed by atoms with Crippen molar-refractivity contribution in [1.29, 1.82) is 0 Å². The second-order valence-corrected chi connectivity index (χ2v) is 4.59. The zero-order valence-electron chi connectivity index (χ0n) is 9.73. The number of nitrogens with two attached hydrogens (primary N) is 1. The molecule has 1 atom stereocenters. The molecule has 3 N–H and O–H groups in total. The van der Waals surface area contributed by atoms with Crippen LogP contribution in [-0.2, 0) is 11.2 Å². The number of unbranched alkanes of at least 4 members (excludes halogenated alkanes) is 1. The van der Waals surface area contributed by atoms with E-state index in [2.05, 4.69) is 0 Å². The van der Waals surface area contributed by atoms with Crippen molar-refractivity contribution < 1.29 is 9.90 Å². The molecule has 1 aromatic rings. The molecule has 0 amide bonds. The first-order valence-electron chi connectivity index (χ1n) is 5.81. The molecule has 0 aliphatic carbocycles. The average Bonchev–Trinajstić information content (AvgIpc) is 2.28. The molecular weight excluding hydrogens is 238 g/mol. The molecule has 0 saturated heterocycles. The van der Waals surface area contributed by atoms with Crippen molar-refractivity contribution in [3.05, 3.63) is 34.9 Å². The molecule has 0 radical (unpaired) electrons. The summed E-state index contributed by atoms with van der Waals surface area (Å²) in [6, 6.07) is 7.36. The zero-order chi connectivity index (χ0) is 12.7. The molecule has 1 unspecified atom stereocenters. The Morgan fingerprint density at radius 3 is 2.76 bits per heavy atom. The lowest BCUT2D eigenvalue weighted by molar-refractivity contribution is -0.142. The summed E-state index contributed by atoms with van der Waals surface area (Å²) in [6.07, 6.45) is 2.92. The van der Waals surface area contributed by atoms with Crippen LogP contribution < -0.4 is 5.73 Å². The molecular formula is C13H18ClNO2. The van der Waals surface area contributed by atoms with Crippen LogP contribution in [0.25, 0.3) is 0 Å². The standard InChI is InChI=1S/C13H18ClNO2/c14-12-6-3-4-10(9-12)8-11(13(16)17)5-1-2-7-15/h3-4,6,9,11H,1-2,5,7-8,15H2,(H,16,17). The first-order chi connectivity index (χ1) is 8.13. The lowest BCUT2D eigenvalue weighted by Crippen LogP contribution is -2.17. The van der Waals surface area contributed by atoms with Gasteiger partial charge in [-0.05, 0) is 43.5 Å². The van der Waals surface area contributed by atoms with Gasteiger partial charge in [0.2, 0.25) is 0 Å². The van der Waals surface area contributed by atoms with Gasteiger partial charge in [-0.1, -0.05) is 30.2 Å². The van der Waals surface area contributed by atoms with Crippen LogP contribution in [0.4, 0.5) is 0 Å². The van der Waals surface area contributed by atoms with Crippen LogP contribution in [0.1, 0.15) is 24.8 Å². The average molecular weight is 256 g/mol. The second kappa shape index (κ2) is 7.30. The highest BCUT2D eigenvalue weighted by Gasteiger charge is 2.17. The maximum Gasteiger partial charge on any atom is 0.306 e. The first-order valence-corrected chi connectivity index (χ1v) is 6.18. The van der Waals surface area contributed by atoms with Gasteiger partial charge < -0.3 is 10.8 Å². The van der Waals surface area contributed by atoms with Gasteiger partial charge in [0.25, 0.3) is 0 Å². The summed E-state index contributed by atoms with van der Waals surface area (Å²) in [4.78, 5) is 11.1. The number of halogens is 1. The number of benzene rings is 1. The van der Waals surface area contributed by atoms with Crippen molar-refractivity contribution in [2.24, 2.45) is 11.7 Å². The topological polar surface area (TPSA) is 63.3 Å². The number of aliphatic carboxylic acids is 1. The molecule has 3 nitrogen and oxygen atoms in total. The molecule has 0 aromatic heterocycles. The number of hydrogen-bond acceptors (Lipinski definition) is 2. The van der Waals surface area contributed by atoms with Crippen molar-refractivity contribution in [3.8, 4) is 0 Å². The van der Waals surface area contributed by atoms with Crippen LogP contribution in [0.2, 0.25) is 5.02 Å². The van der Waals surface area contributed by atoms with Crippen LogP contribution in [0.15, 0.2) is 24.3 Å². The summed E-state index contributed by atoms with van der Waals surface area (Å²) in [5.41, 5.74) is 6.37. The highest BCUT2D eigenvalue weighted by Crippen LogP contribution is 2.18. The quantitative estimate of drug-likeness (QED) is 0.737. The summed E-state index contributed by atoms with van der Waals surface area (Å²) in [5, 5.41) is 9.79. The Balaban J connectivity index is 2.57. The molecule has 17 heavy (non-hydrogen) atoms. The number of hydrogen-bond donors (Lipinski definition) is 2. The minimum atomic E-state index is -0.748. The van der Waals surface area contributed by atoms with E-state index in [0.29, 0.717) is 24.4 Å². The smallest absolute Gasteiger partial charge is 0.306 e. The summed E-state index contributed by atoms with van der Waals surface area (Å²) in [7, 11) is 0. The van der Waals surface area contributed by atoms with Gasteiger partial charge in [0.15, 0.2) is 0 Å². The zero-order valence-corrected chi connectivity index (χ0v) is 10.5. The van der Waals surface area contributed by atoms with Gasteiger partial charge in [-0.2, -0.15) is 0 Å². The molecule has 0 aliphatic heterocycles. The third kappa shape index (κ3) is 5.20. The lowest BCUT2D eigenvalue weighted by atomic mass is 9.94. The van der Waals surface area contributed by atoms with E-state index in [9.17, 15) is 4.79 Å². The highest BCUT2D eigenvalue weighted by atomic mass is 35.5. The van der Waals surface area contributed by atoms with E-state index >= 15 is 0 Å². The molecule has 0 heterocycles. The minimum absolute atomic E-state index is 0.347. The normalized spacial score (nSPS) is 12.4. The minimum Gasteiger partial charge on any atom is -0.481 e. The van der Waals surface area contributed by atoms with Crippen molar-refractivity contribution in [2.45, 2.75) is 25.7 Å². The molecule has 0 aliphatic rings. The van der Waals surface area contributed by atoms with E-state index in [1.54, 1.807) is 6.07 Å². The van der Waals surface area contributed by atoms with Crippen molar-refractivity contribution in [1.82, 2.24) is 0 Å². The van der Waals surface area contributed by atoms with Crippen LogP contribution in [0.5, 0.6) is 0 Å². The first kappa shape index (κ1) is 14.0. The molecule has 1 aromatic carbocycles. The van der Waals surface area contributed by atoms with Crippen LogP contribution >= 0.6 is 11.6 Å². The fourth-order valence-electron chi connectivity index (χ4n) is 1.80. The lowest BCUT2D eigenvalue weighted by Gasteiger charge is -2.12. The van der Waals surface area contributed by atoms with E-state index in [0.717, 1.165) is 18.4 Å². The van der Waals surface area contributed by atoms with Gasteiger partial charge >= 0.3 is 5.97 Å². The van der Waals surface area contributed by atoms with Crippen LogP contribution in [0.3, 0.4) is 0 Å². The Bertz CT molecular complexity index is 368. The fourth-order valence-corrected chi connectivity index (χ4v) is 2.01. The Kier molecular flexibility index (Phi) is 6.01. The number of carboxylic acid groups (broad SMARTS) is 1. The van der Waals surface area contributed by atoms with Crippen molar-refractivity contribution in [3.63, 3.8) is 0 Å². The van der Waals surface area contributed by atoms with E-state index < -0.39 is 5.97 Å². The largest absolute Gasteiger partial charge is 0.481 e. The Hall–Kier alpha value is -1.06. The van der Waals surface area contributed by atoms with Gasteiger partial charge in [0.1, 0.15) is 0 Å². The van der Waals surface area contributed by atoms with Crippen LogP contribution in [0, 0.1) is 5.92 Å². The fraction of sp³-hybridized carbons (Fsp3) is 0.462. The SMILES string of the molecule is NCCCCC(Cc1cccc(Cl)c1)C(=O)O. The van der Waals surface area contributed by atoms with Crippen molar-refractivity contribution in [2.75, 3.05) is 6.54 Å². The molecule has 0 saturated carbocycles. The van der Waals surface area contributed by atoms with Gasteiger partial charge in [-0.25, -0.2) is 0 Å². The van der Waals surface area contributed by atoms with Gasteiger partial charge in [0.05, 0.1) is 5.92 Å². The summed E-state index contributed by atoms with van der Waals surface area (Å²) < 4.78 is 0. The summed E-state index contributed by atoms with van der Waals surface area (Å²) >= 11 is 5.87. The molecule has 0 bridgehead atoms. The Morgan fingerprint density at radius 2 is 2.18 bits per heavy atom. The van der Waals surface area contributed by atoms with E-state index in [1.165, 1.54) is 0 Å². The van der Waals surface area contributed by atoms with E-state index in [1.807, 2.05) is 18.2 Å². The Labute approximate surface area is 107 Å². The Morgan fingerprint density at radius 1 is 1.41 bits per heavy atom. The third-order valence-electron chi connectivity index (χ3n) is 2.73. The summed E-state index contributed by atoms with van der Waals surface area (Å²) in [6.45, 7) is 0.615. The van der Waals surface area contributed by atoms with Gasteiger partial charge in [-0.15, -0.1) is 0 Å². The van der Waals surface area contributed by atoms with E-state index in [4.69, 9.17) is 22.4 Å². The molecule has 0 spiro atoms. The molecule has 4 heteroatoms. The van der Waals surface area contributed by atoms with Gasteiger partial charge in [0, 0.05) is 5.02 Å². The molecule has 94 valence electrons. The highest BCUT2D eigenvalue weighted by molar-refractivity contribution is 6.30. The maximum absolute atomic E-state index is 11.1. The number of carboxylic acids is 1. The predicted octanol–water partition coefficient (Wildman–Crippen LogP) is 2.71. The number of rotatable bonds is 7. The monoisotopic (exact) mass is 255 g/mol. The van der Waals surface area contributed by atoms with Crippen molar-refractivity contribution >= 4 is 17.6 Å². The molecule has 0 fully saturated rings. The number of carbonyl (C=O) groups is 1. The third-order valence-corrected chi connectivity index (χ3v) is 2.96. The maximum atomic E-state index is 11.1. The van der Waals surface area contributed by atoms with E-state index in [-0.39, 0.29) is 5.92 Å². The predicted molar refractivity (Wildman–Crippen MR) is 69.2 cm³/mol. The molecule has 1 rings (SSSR count). The summed E-state index contributed by atoms with van der Waals surface area (Å²) in [5.74, 6) is -1.10.